The maximum Gasteiger partial charge on any atom is 0.311 e. The highest BCUT2D eigenvalue weighted by molar-refractivity contribution is 6.30. The first-order chi connectivity index (χ1) is 9.49. The van der Waals surface area contributed by atoms with Gasteiger partial charge < -0.3 is 9.84 Å². The van der Waals surface area contributed by atoms with Gasteiger partial charge >= 0.3 is 5.69 Å². The van der Waals surface area contributed by atoms with Crippen LogP contribution in [-0.2, 0) is 0 Å². The number of nitro benzene ring substituents is 1. The molecule has 1 aromatic heterocycles. The van der Waals surface area contributed by atoms with Crippen LogP contribution in [0.2, 0.25) is 5.02 Å². The average Bonchev–Trinajstić information content (AvgIpc) is 2.38. The van der Waals surface area contributed by atoms with E-state index in [1.807, 2.05) is 0 Å². The molecule has 1 atom stereocenters. The first-order valence-corrected chi connectivity index (χ1v) is 6.11. The highest BCUT2D eigenvalue weighted by atomic mass is 35.5. The number of aliphatic hydroxyl groups is 1. The van der Waals surface area contributed by atoms with Crippen molar-refractivity contribution in [2.24, 2.45) is 0 Å². The van der Waals surface area contributed by atoms with E-state index in [1.54, 1.807) is 19.1 Å². The van der Waals surface area contributed by atoms with Gasteiger partial charge in [-0.1, -0.05) is 11.6 Å². The quantitative estimate of drug-likeness (QED) is 0.689. The Kier molecular flexibility index (Phi) is 4.16. The van der Waals surface area contributed by atoms with Gasteiger partial charge in [-0.3, -0.25) is 10.1 Å². The number of hydrogen-bond acceptors (Lipinski definition) is 5. The Labute approximate surface area is 119 Å². The molecule has 0 aliphatic rings. The van der Waals surface area contributed by atoms with Crippen LogP contribution >= 0.6 is 11.6 Å². The van der Waals surface area contributed by atoms with Crippen LogP contribution < -0.4 is 4.74 Å². The van der Waals surface area contributed by atoms with Crippen LogP contribution in [0.5, 0.6) is 11.6 Å². The van der Waals surface area contributed by atoms with Crippen molar-refractivity contribution in [1.29, 1.82) is 0 Å². The van der Waals surface area contributed by atoms with Gasteiger partial charge in [0.2, 0.25) is 11.6 Å². The van der Waals surface area contributed by atoms with Gasteiger partial charge in [0, 0.05) is 28.9 Å². The van der Waals surface area contributed by atoms with E-state index in [0.29, 0.717) is 10.6 Å². The van der Waals surface area contributed by atoms with Crippen LogP contribution in [0, 0.1) is 10.1 Å². The molecule has 0 fully saturated rings. The maximum atomic E-state index is 11.0. The van der Waals surface area contributed by atoms with E-state index < -0.39 is 11.0 Å². The topological polar surface area (TPSA) is 85.5 Å². The lowest BCUT2D eigenvalue weighted by Crippen LogP contribution is -2.00. The fraction of sp³-hybridized carbons (Fsp3) is 0.154. The van der Waals surface area contributed by atoms with Crippen LogP contribution in [0.15, 0.2) is 36.5 Å². The summed E-state index contributed by atoms with van der Waals surface area (Å²) in [6.07, 6.45) is 0.661. The van der Waals surface area contributed by atoms with Crippen molar-refractivity contribution in [3.8, 4) is 11.6 Å². The highest BCUT2D eigenvalue weighted by Crippen LogP contribution is 2.35. The molecular formula is C13H11ClN2O4. The van der Waals surface area contributed by atoms with Crippen LogP contribution in [0.3, 0.4) is 0 Å². The molecule has 0 bridgehead atoms. The molecule has 0 saturated heterocycles. The molecule has 0 aliphatic carbocycles. The Morgan fingerprint density at radius 2 is 2.20 bits per heavy atom. The van der Waals surface area contributed by atoms with Crippen molar-refractivity contribution in [3.63, 3.8) is 0 Å². The van der Waals surface area contributed by atoms with Crippen LogP contribution in [-0.4, -0.2) is 15.0 Å². The van der Waals surface area contributed by atoms with E-state index in [0.717, 1.165) is 0 Å². The molecule has 0 spiro atoms. The minimum absolute atomic E-state index is 0.0249. The molecule has 1 aromatic carbocycles. The lowest BCUT2D eigenvalue weighted by Gasteiger charge is -2.11. The van der Waals surface area contributed by atoms with E-state index in [1.165, 1.54) is 24.4 Å². The van der Waals surface area contributed by atoms with Gasteiger partial charge in [-0.15, -0.1) is 0 Å². The molecule has 20 heavy (non-hydrogen) atoms. The molecule has 2 aromatic rings. The predicted octanol–water partition coefficient (Wildman–Crippen LogP) is 3.49. The van der Waals surface area contributed by atoms with Crippen molar-refractivity contribution in [2.75, 3.05) is 0 Å². The van der Waals surface area contributed by atoms with Crippen molar-refractivity contribution < 1.29 is 14.8 Å². The molecule has 0 saturated carbocycles. The number of benzene rings is 1. The van der Waals surface area contributed by atoms with E-state index in [4.69, 9.17) is 16.3 Å². The third kappa shape index (κ3) is 3.04. The largest absolute Gasteiger partial charge is 0.431 e. The molecule has 1 N–H and O–H groups in total. The molecule has 2 rings (SSSR count). The Hall–Kier alpha value is -2.18. The number of aliphatic hydroxyl groups excluding tert-OH is 1. The first kappa shape index (κ1) is 14.2. The van der Waals surface area contributed by atoms with Crippen molar-refractivity contribution in [1.82, 2.24) is 4.98 Å². The highest BCUT2D eigenvalue weighted by Gasteiger charge is 2.19. The molecule has 0 unspecified atom stereocenters. The first-order valence-electron chi connectivity index (χ1n) is 5.74. The van der Waals surface area contributed by atoms with Crippen LogP contribution in [0.4, 0.5) is 5.69 Å². The number of nitrogens with zero attached hydrogens (tertiary/aromatic N) is 2. The number of ether oxygens (including phenoxy) is 1. The third-order valence-electron chi connectivity index (χ3n) is 2.58. The summed E-state index contributed by atoms with van der Waals surface area (Å²) in [6.45, 7) is 1.55. The Morgan fingerprint density at radius 3 is 2.85 bits per heavy atom. The number of rotatable bonds is 4. The normalized spacial score (nSPS) is 11.9. The standard InChI is InChI=1S/C13H11ClN2O4/c1-8(17)10-3-2-6-15-13(10)20-12-7-9(14)4-5-11(12)16(18)19/h2-8,17H,1H3/t8-/m0/s1. The van der Waals surface area contributed by atoms with Crippen LogP contribution in [0.1, 0.15) is 18.6 Å². The lowest BCUT2D eigenvalue weighted by molar-refractivity contribution is -0.385. The summed E-state index contributed by atoms with van der Waals surface area (Å²) in [7, 11) is 0. The van der Waals surface area contributed by atoms with E-state index >= 15 is 0 Å². The summed E-state index contributed by atoms with van der Waals surface area (Å²) in [5.74, 6) is 0.0796. The van der Waals surface area contributed by atoms with Crippen molar-refractivity contribution in [3.05, 3.63) is 57.2 Å². The zero-order valence-corrected chi connectivity index (χ0v) is 11.2. The summed E-state index contributed by atoms with van der Waals surface area (Å²) in [5.41, 5.74) is 0.207. The van der Waals surface area contributed by atoms with Gasteiger partial charge in [0.25, 0.3) is 0 Å². The zero-order valence-electron chi connectivity index (χ0n) is 10.5. The number of hydrogen-bond donors (Lipinski definition) is 1. The minimum Gasteiger partial charge on any atom is -0.431 e. The molecule has 7 heteroatoms. The Morgan fingerprint density at radius 1 is 1.45 bits per heavy atom. The number of aromatic nitrogens is 1. The molecule has 0 aliphatic heterocycles. The van der Waals surface area contributed by atoms with Crippen LogP contribution in [0.25, 0.3) is 0 Å². The van der Waals surface area contributed by atoms with Crippen molar-refractivity contribution in [2.45, 2.75) is 13.0 Å². The van der Waals surface area contributed by atoms with E-state index in [2.05, 4.69) is 4.98 Å². The van der Waals surface area contributed by atoms with E-state index in [9.17, 15) is 15.2 Å². The molecule has 6 nitrogen and oxygen atoms in total. The summed E-state index contributed by atoms with van der Waals surface area (Å²) < 4.78 is 5.45. The molecule has 0 radical (unpaired) electrons. The SMILES string of the molecule is C[C@H](O)c1cccnc1Oc1cc(Cl)ccc1[N+](=O)[O-]. The Bertz CT molecular complexity index is 646. The minimum atomic E-state index is -0.808. The fourth-order valence-corrected chi connectivity index (χ4v) is 1.79. The Balaban J connectivity index is 2.45. The van der Waals surface area contributed by atoms with E-state index in [-0.39, 0.29) is 17.3 Å². The summed E-state index contributed by atoms with van der Waals surface area (Å²) >= 11 is 5.82. The summed E-state index contributed by atoms with van der Waals surface area (Å²) in [5, 5.41) is 20.9. The smallest absolute Gasteiger partial charge is 0.311 e. The molecular weight excluding hydrogens is 284 g/mol. The molecule has 1 heterocycles. The van der Waals surface area contributed by atoms with Gasteiger partial charge in [-0.2, -0.15) is 0 Å². The predicted molar refractivity (Wildman–Crippen MR) is 73.1 cm³/mol. The summed E-state index contributed by atoms with van der Waals surface area (Å²) in [4.78, 5) is 14.4. The van der Waals surface area contributed by atoms with Gasteiger partial charge in [0.1, 0.15) is 0 Å². The van der Waals surface area contributed by atoms with Gasteiger partial charge in [-0.05, 0) is 25.1 Å². The third-order valence-corrected chi connectivity index (χ3v) is 2.81. The average molecular weight is 295 g/mol. The molecule has 104 valence electrons. The fourth-order valence-electron chi connectivity index (χ4n) is 1.63. The molecule has 0 amide bonds. The number of halogens is 1. The second kappa shape index (κ2) is 5.85. The maximum absolute atomic E-state index is 11.0. The second-order valence-electron chi connectivity index (χ2n) is 4.04. The lowest BCUT2D eigenvalue weighted by atomic mass is 10.2. The monoisotopic (exact) mass is 294 g/mol. The number of nitro groups is 1. The van der Waals surface area contributed by atoms with Crippen molar-refractivity contribution >= 4 is 17.3 Å². The van der Waals surface area contributed by atoms with Gasteiger partial charge in [-0.25, -0.2) is 4.98 Å². The number of pyridine rings is 1. The van der Waals surface area contributed by atoms with Gasteiger partial charge in [0.15, 0.2) is 0 Å². The zero-order chi connectivity index (χ0) is 14.7. The second-order valence-corrected chi connectivity index (χ2v) is 4.48. The summed E-state index contributed by atoms with van der Waals surface area (Å²) in [6, 6.07) is 7.26. The van der Waals surface area contributed by atoms with Gasteiger partial charge in [0.05, 0.1) is 11.0 Å².